The average molecular weight is 690 g/mol. The monoisotopic (exact) mass is 689 g/mol. The van der Waals surface area contributed by atoms with Crippen molar-refractivity contribution in [2.24, 2.45) is 10.4 Å². The van der Waals surface area contributed by atoms with E-state index in [4.69, 9.17) is 25.9 Å². The van der Waals surface area contributed by atoms with Gasteiger partial charge in [-0.2, -0.15) is 5.06 Å². The Hall–Kier alpha value is -3.15. The number of carboxylic acids is 1. The molecule has 2 aromatic rings. The van der Waals surface area contributed by atoms with Gasteiger partial charge in [-0.3, -0.25) is 19.5 Å². The molecule has 4 atom stereocenters. The summed E-state index contributed by atoms with van der Waals surface area (Å²) in [6.45, 7) is 3.03. The Labute approximate surface area is 270 Å². The summed E-state index contributed by atoms with van der Waals surface area (Å²) in [4.78, 5) is 41.3. The molecule has 1 aromatic heterocycles. The summed E-state index contributed by atoms with van der Waals surface area (Å²) in [7, 11) is 1.30. The molecular weight excluding hydrogens is 658 g/mol. The molecule has 0 unspecified atom stereocenters. The largest absolute Gasteiger partial charge is 0.481 e. The lowest BCUT2D eigenvalue weighted by Crippen LogP contribution is -2.51. The van der Waals surface area contributed by atoms with E-state index < -0.39 is 70.7 Å². The van der Waals surface area contributed by atoms with Crippen molar-refractivity contribution >= 4 is 40.7 Å². The van der Waals surface area contributed by atoms with Gasteiger partial charge in [-0.15, -0.1) is 11.3 Å². The van der Waals surface area contributed by atoms with E-state index in [1.54, 1.807) is 12.3 Å². The minimum absolute atomic E-state index is 0.0386. The number of hydrogen-bond acceptors (Lipinski definition) is 11. The summed E-state index contributed by atoms with van der Waals surface area (Å²) in [5.41, 5.74) is -1.44. The molecule has 2 N–H and O–H groups in total. The molecule has 3 aliphatic heterocycles. The predicted octanol–water partition coefficient (Wildman–Crippen LogP) is 4.04. The van der Waals surface area contributed by atoms with E-state index in [-0.39, 0.29) is 49.0 Å². The van der Waals surface area contributed by atoms with Gasteiger partial charge in [-0.05, 0) is 26.8 Å². The van der Waals surface area contributed by atoms with Crippen LogP contribution in [0.25, 0.3) is 0 Å². The molecule has 3 aliphatic rings. The van der Waals surface area contributed by atoms with Gasteiger partial charge in [0.25, 0.3) is 5.92 Å². The summed E-state index contributed by atoms with van der Waals surface area (Å²) in [6, 6.07) is -1.59. The molecule has 5 rings (SSSR count). The summed E-state index contributed by atoms with van der Waals surface area (Å²) >= 11 is 7.43. The van der Waals surface area contributed by atoms with Gasteiger partial charge in [0, 0.05) is 36.5 Å². The van der Waals surface area contributed by atoms with Crippen molar-refractivity contribution in [3.8, 4) is 0 Å². The molecular formula is C29H32ClF4N5O6S. The van der Waals surface area contributed by atoms with Gasteiger partial charge in [0.05, 0.1) is 54.5 Å². The highest BCUT2D eigenvalue weighted by Gasteiger charge is 2.61. The fraction of sp³-hybridized carbons (Fsp3) is 0.517. The third-order valence-electron chi connectivity index (χ3n) is 8.37. The van der Waals surface area contributed by atoms with Crippen molar-refractivity contribution in [1.82, 2.24) is 20.3 Å². The second kappa shape index (κ2) is 13.2. The van der Waals surface area contributed by atoms with E-state index in [0.29, 0.717) is 5.01 Å². The van der Waals surface area contributed by atoms with Crippen LogP contribution in [-0.2, 0) is 23.9 Å². The molecule has 4 heterocycles. The number of benzene rings is 1. The Balaban J connectivity index is 1.53. The predicted molar refractivity (Wildman–Crippen MR) is 159 cm³/mol. The van der Waals surface area contributed by atoms with E-state index >= 15 is 8.78 Å². The van der Waals surface area contributed by atoms with Crippen LogP contribution in [0.1, 0.15) is 37.4 Å². The first-order valence-electron chi connectivity index (χ1n) is 14.3. The number of alkyl halides is 2. The molecule has 0 amide bonds. The van der Waals surface area contributed by atoms with Gasteiger partial charge < -0.3 is 19.9 Å². The van der Waals surface area contributed by atoms with Gasteiger partial charge >= 0.3 is 11.9 Å². The highest BCUT2D eigenvalue weighted by atomic mass is 35.5. The average Bonchev–Trinajstić information content (AvgIpc) is 3.73. The number of carbonyl (C=O) groups excluding carboxylic acids is 1. The van der Waals surface area contributed by atoms with E-state index in [2.05, 4.69) is 15.3 Å². The van der Waals surface area contributed by atoms with Crippen LogP contribution < -0.4 is 5.32 Å². The Morgan fingerprint density at radius 3 is 2.70 bits per heavy atom. The normalized spacial score (nSPS) is 24.0. The maximum atomic E-state index is 15.7. The van der Waals surface area contributed by atoms with Gasteiger partial charge in [0.1, 0.15) is 12.1 Å². The third kappa shape index (κ3) is 6.25. The van der Waals surface area contributed by atoms with E-state index in [0.717, 1.165) is 11.1 Å². The summed E-state index contributed by atoms with van der Waals surface area (Å²) in [6.07, 6.45) is 0.536. The summed E-state index contributed by atoms with van der Waals surface area (Å²) in [5.74, 6) is -7.71. The molecule has 0 aliphatic carbocycles. The van der Waals surface area contributed by atoms with Crippen LogP contribution in [0.3, 0.4) is 0 Å². The third-order valence-corrected chi connectivity index (χ3v) is 9.53. The Kier molecular flexibility index (Phi) is 9.78. The van der Waals surface area contributed by atoms with Crippen LogP contribution in [-0.4, -0.2) is 102 Å². The topological polar surface area (TPSA) is 126 Å². The number of nitrogens with zero attached hydrogens (tertiary/aromatic N) is 4. The Bertz CT molecular complexity index is 1560. The fourth-order valence-electron chi connectivity index (χ4n) is 5.85. The highest BCUT2D eigenvalue weighted by molar-refractivity contribution is 7.11. The minimum Gasteiger partial charge on any atom is -0.481 e. The molecule has 2 saturated heterocycles. The number of thiazole rings is 1. The number of amidine groups is 1. The number of aromatic nitrogens is 1. The number of hydrogen-bond donors (Lipinski definition) is 2. The zero-order valence-corrected chi connectivity index (χ0v) is 26.8. The first kappa shape index (κ1) is 34.2. The standard InChI is InChI=1S/C29H32ClF4N5O6S/c1-5-44-26(40)19-16(36-24(25-35-8-9-46-25)37-22(19)14-6-7-15(31)21(32)20(14)30)10-38-13-29(33,34)23-17(38)12-45-39(23)11-18(43-4)28(2,3)27(41)42/h6-9,17-18,22-23H,5,10-13H2,1-4H3,(H,36,37)(H,41,42)/t17-,18+,22+,23+/m1/s1. The van der Waals surface area contributed by atoms with Crippen molar-refractivity contribution < 1.29 is 46.6 Å². The number of nitrogens with one attached hydrogen (secondary N) is 1. The van der Waals surface area contributed by atoms with Crippen molar-refractivity contribution in [3.63, 3.8) is 0 Å². The molecule has 2 fully saturated rings. The lowest BCUT2D eigenvalue weighted by atomic mass is 9.86. The second-order valence-corrected chi connectivity index (χ2v) is 12.8. The number of likely N-dealkylation sites (tertiary alicyclic amines) is 1. The molecule has 0 spiro atoms. The van der Waals surface area contributed by atoms with E-state index in [9.17, 15) is 23.5 Å². The molecule has 0 bridgehead atoms. The van der Waals surface area contributed by atoms with Crippen LogP contribution in [0.15, 0.2) is 40.0 Å². The Morgan fingerprint density at radius 1 is 1.33 bits per heavy atom. The van der Waals surface area contributed by atoms with Gasteiger partial charge in [-0.1, -0.05) is 17.7 Å². The van der Waals surface area contributed by atoms with Crippen LogP contribution >= 0.6 is 22.9 Å². The number of aliphatic carboxylic acids is 1. The summed E-state index contributed by atoms with van der Waals surface area (Å²) < 4.78 is 70.9. The lowest BCUT2D eigenvalue weighted by molar-refractivity contribution is -0.205. The second-order valence-electron chi connectivity index (χ2n) is 11.5. The molecule has 0 radical (unpaired) electrons. The van der Waals surface area contributed by atoms with E-state index in [1.807, 2.05) is 0 Å². The zero-order valence-electron chi connectivity index (χ0n) is 25.2. The van der Waals surface area contributed by atoms with Crippen molar-refractivity contribution in [2.75, 3.05) is 40.0 Å². The van der Waals surface area contributed by atoms with Crippen LogP contribution in [0.5, 0.6) is 0 Å². The van der Waals surface area contributed by atoms with Gasteiger partial charge in [-0.25, -0.2) is 27.3 Å². The number of rotatable bonds is 11. The van der Waals surface area contributed by atoms with Crippen molar-refractivity contribution in [2.45, 2.75) is 50.9 Å². The number of fused-ring (bicyclic) bond motifs is 1. The molecule has 0 saturated carbocycles. The van der Waals surface area contributed by atoms with Crippen LogP contribution in [0, 0.1) is 17.0 Å². The summed E-state index contributed by atoms with van der Waals surface area (Å²) in [5, 5.41) is 15.3. The smallest absolute Gasteiger partial charge is 0.338 e. The van der Waals surface area contributed by atoms with Crippen molar-refractivity contribution in [3.05, 3.63) is 62.2 Å². The first-order valence-corrected chi connectivity index (χ1v) is 15.5. The fourth-order valence-corrected chi connectivity index (χ4v) is 6.70. The van der Waals surface area contributed by atoms with Gasteiger partial charge in [0.15, 0.2) is 22.5 Å². The maximum Gasteiger partial charge on any atom is 0.338 e. The quantitative estimate of drug-likeness (QED) is 0.203. The number of methoxy groups -OCH3 is 1. The number of carboxylic acid groups (broad SMARTS) is 1. The number of aliphatic imine (C=N–C) groups is 1. The SMILES string of the molecule is CCOC(=O)C1=C(CN2CC(F)(F)[C@@H]3[C@H]2CON3C[C@H](OC)C(C)(C)C(=O)O)NC(c2nccs2)=N[C@H]1c1ccc(F)c(F)c1Cl. The molecule has 17 heteroatoms. The molecule has 46 heavy (non-hydrogen) atoms. The van der Waals surface area contributed by atoms with Gasteiger partial charge in [0.2, 0.25) is 0 Å². The lowest BCUT2D eigenvalue weighted by Gasteiger charge is -2.34. The van der Waals surface area contributed by atoms with Crippen LogP contribution in [0.2, 0.25) is 5.02 Å². The van der Waals surface area contributed by atoms with E-state index in [1.165, 1.54) is 49.5 Å². The zero-order chi connectivity index (χ0) is 33.6. The number of esters is 1. The number of ether oxygens (including phenoxy) is 2. The molecule has 11 nitrogen and oxygen atoms in total. The number of hydroxylamine groups is 2. The number of carbonyl (C=O) groups is 2. The molecule has 1 aromatic carbocycles. The minimum atomic E-state index is -3.32. The highest BCUT2D eigenvalue weighted by Crippen LogP contribution is 2.43. The first-order chi connectivity index (χ1) is 21.7. The van der Waals surface area contributed by atoms with Crippen LogP contribution in [0.4, 0.5) is 17.6 Å². The Morgan fingerprint density at radius 2 is 2.07 bits per heavy atom. The maximum absolute atomic E-state index is 15.7. The number of halogens is 5. The molecule has 250 valence electrons. The van der Waals surface area contributed by atoms with Crippen molar-refractivity contribution in [1.29, 1.82) is 0 Å².